The molecule has 4 heterocycles. The third kappa shape index (κ3) is 3.84. The molecule has 0 spiro atoms. The van der Waals surface area contributed by atoms with E-state index in [4.69, 9.17) is 21.7 Å². The second-order valence-corrected chi connectivity index (χ2v) is 10.00. The zero-order chi connectivity index (χ0) is 22.6. The van der Waals surface area contributed by atoms with Crippen LogP contribution in [-0.4, -0.2) is 51.2 Å². The van der Waals surface area contributed by atoms with E-state index < -0.39 is 39.9 Å². The van der Waals surface area contributed by atoms with Gasteiger partial charge in [0.1, 0.15) is 11.5 Å². The van der Waals surface area contributed by atoms with E-state index in [1.807, 2.05) is 0 Å². The maximum absolute atomic E-state index is 12.9. The van der Waals surface area contributed by atoms with Crippen LogP contribution in [-0.2, 0) is 27.8 Å². The summed E-state index contributed by atoms with van der Waals surface area (Å²) in [4.78, 5) is 16.7. The number of carbonyl (C=O) groups excluding carboxylic acids is 1. The Bertz CT molecular complexity index is 1050. The van der Waals surface area contributed by atoms with Gasteiger partial charge in [0.05, 0.1) is 46.4 Å². The molecule has 2 aliphatic heterocycles. The van der Waals surface area contributed by atoms with Crippen molar-refractivity contribution >= 4 is 52.0 Å². The van der Waals surface area contributed by atoms with Crippen LogP contribution in [0, 0.1) is 5.41 Å². The van der Waals surface area contributed by atoms with Gasteiger partial charge >= 0.3 is 6.18 Å². The third-order valence-electron chi connectivity index (χ3n) is 4.92. The minimum Gasteiger partial charge on any atom is -0.592 e. The Hall–Kier alpha value is -2.06. The Morgan fingerprint density at radius 3 is 3.00 bits per heavy atom. The molecule has 166 valence electrons. The average Bonchev–Trinajstić information content (AvgIpc) is 3.30. The molecule has 0 bridgehead atoms. The van der Waals surface area contributed by atoms with Gasteiger partial charge in [-0.25, -0.2) is 4.98 Å². The van der Waals surface area contributed by atoms with E-state index in [2.05, 4.69) is 15.6 Å². The molecule has 8 nitrogen and oxygen atoms in total. The van der Waals surface area contributed by atoms with Gasteiger partial charge in [-0.05, 0) is 18.2 Å². The summed E-state index contributed by atoms with van der Waals surface area (Å²) >= 11 is 5.82. The molecule has 3 unspecified atom stereocenters. The smallest absolute Gasteiger partial charge is 0.433 e. The lowest BCUT2D eigenvalue weighted by molar-refractivity contribution is -0.141. The molecule has 4 rings (SSSR count). The van der Waals surface area contributed by atoms with Gasteiger partial charge in [0, 0.05) is 0 Å². The van der Waals surface area contributed by atoms with Crippen LogP contribution in [0.2, 0.25) is 5.02 Å². The lowest BCUT2D eigenvalue weighted by Crippen LogP contribution is -2.66. The molecular weight excluding hydrogens is 479 g/mol. The molecule has 0 saturated carbocycles. The van der Waals surface area contributed by atoms with E-state index in [0.29, 0.717) is 4.88 Å². The SMILES string of the molecule is CN1C(=N)NC2(c3sc(C(=O)Nc4cccc(C(F)(F)F)n4)cc3Cl)COCC2[S+]1[O-]. The predicted molar refractivity (Wildman–Crippen MR) is 110 cm³/mol. The molecule has 2 aromatic rings. The first-order valence-electron chi connectivity index (χ1n) is 8.77. The van der Waals surface area contributed by atoms with Crippen molar-refractivity contribution in [3.63, 3.8) is 0 Å². The van der Waals surface area contributed by atoms with Crippen molar-refractivity contribution < 1.29 is 27.3 Å². The van der Waals surface area contributed by atoms with Crippen molar-refractivity contribution in [3.05, 3.63) is 44.7 Å². The van der Waals surface area contributed by atoms with Crippen LogP contribution in [0.1, 0.15) is 20.2 Å². The van der Waals surface area contributed by atoms with Crippen LogP contribution in [0.25, 0.3) is 0 Å². The Balaban J connectivity index is 1.62. The van der Waals surface area contributed by atoms with E-state index >= 15 is 0 Å². The number of halogens is 4. The van der Waals surface area contributed by atoms with E-state index in [1.165, 1.54) is 23.5 Å². The fraction of sp³-hybridized carbons (Fsp3) is 0.353. The number of nitrogens with one attached hydrogen (secondary N) is 3. The van der Waals surface area contributed by atoms with Crippen molar-refractivity contribution in [2.45, 2.75) is 17.0 Å². The predicted octanol–water partition coefficient (Wildman–Crippen LogP) is 2.80. The van der Waals surface area contributed by atoms with Gasteiger partial charge in [-0.15, -0.1) is 11.3 Å². The lowest BCUT2D eigenvalue weighted by Gasteiger charge is -2.42. The zero-order valence-corrected chi connectivity index (χ0v) is 18.1. The molecule has 3 atom stereocenters. The zero-order valence-electron chi connectivity index (χ0n) is 15.7. The number of pyridine rings is 1. The van der Waals surface area contributed by atoms with Gasteiger partial charge in [-0.3, -0.25) is 10.2 Å². The highest BCUT2D eigenvalue weighted by Crippen LogP contribution is 2.45. The van der Waals surface area contributed by atoms with Gasteiger partial charge in [-0.2, -0.15) is 17.5 Å². The molecular formula is C17H15ClF3N5O3S2. The number of anilines is 1. The molecule has 1 amide bonds. The summed E-state index contributed by atoms with van der Waals surface area (Å²) in [5.41, 5.74) is -2.18. The first-order chi connectivity index (χ1) is 14.5. The molecule has 2 fully saturated rings. The number of fused-ring (bicyclic) bond motifs is 1. The fourth-order valence-electron chi connectivity index (χ4n) is 3.37. The van der Waals surface area contributed by atoms with Gasteiger partial charge in [0.25, 0.3) is 5.91 Å². The summed E-state index contributed by atoms with van der Waals surface area (Å²) in [5.74, 6) is -1.03. The average molecular weight is 494 g/mol. The topological polar surface area (TPSA) is 113 Å². The number of rotatable bonds is 3. The summed E-state index contributed by atoms with van der Waals surface area (Å²) < 4.78 is 58.1. The summed E-state index contributed by atoms with van der Waals surface area (Å²) in [6, 6.07) is 4.56. The molecule has 14 heteroatoms. The molecule has 0 aliphatic carbocycles. The molecule has 2 saturated heterocycles. The second kappa shape index (κ2) is 7.81. The first kappa shape index (κ1) is 22.1. The highest BCUT2D eigenvalue weighted by atomic mass is 35.5. The summed E-state index contributed by atoms with van der Waals surface area (Å²) in [6.07, 6.45) is -4.64. The summed E-state index contributed by atoms with van der Waals surface area (Å²) in [6.45, 7) is 0.261. The number of amides is 1. The molecule has 2 aliphatic rings. The highest BCUT2D eigenvalue weighted by molar-refractivity contribution is 7.90. The van der Waals surface area contributed by atoms with E-state index in [1.54, 1.807) is 0 Å². The van der Waals surface area contributed by atoms with Gasteiger partial charge in [-0.1, -0.05) is 17.7 Å². The van der Waals surface area contributed by atoms with Crippen LogP contribution < -0.4 is 10.6 Å². The number of thiophene rings is 1. The van der Waals surface area contributed by atoms with Crippen molar-refractivity contribution in [1.29, 1.82) is 5.41 Å². The van der Waals surface area contributed by atoms with Gasteiger partial charge < -0.3 is 19.9 Å². The number of nitrogens with zero attached hydrogens (tertiary/aromatic N) is 2. The molecule has 3 N–H and O–H groups in total. The Kier molecular flexibility index (Phi) is 5.58. The Labute approximate surface area is 186 Å². The Morgan fingerprint density at radius 1 is 1.55 bits per heavy atom. The number of carbonyl (C=O) groups is 1. The summed E-state index contributed by atoms with van der Waals surface area (Å²) in [5, 5.41) is 13.1. The van der Waals surface area contributed by atoms with Crippen LogP contribution in [0.4, 0.5) is 19.0 Å². The number of ether oxygens (including phenoxy) is 1. The van der Waals surface area contributed by atoms with Crippen molar-refractivity contribution in [2.75, 3.05) is 25.6 Å². The summed E-state index contributed by atoms with van der Waals surface area (Å²) in [7, 11) is 1.52. The van der Waals surface area contributed by atoms with Crippen molar-refractivity contribution in [2.24, 2.45) is 0 Å². The standard InChI is InChI=1S/C17H15ClF3N5O3S2/c1-26-15(22)25-16(7-29-6-11(16)31(26)28)13-8(18)5-9(30-13)14(27)24-12-4-2-3-10(23-12)17(19,20)21/h2-5,11H,6-7H2,1H3,(H2,22,25)(H,23,24,27). The van der Waals surface area contributed by atoms with Crippen LogP contribution in [0.15, 0.2) is 24.3 Å². The molecule has 0 aromatic carbocycles. The number of hydrogen-bond acceptors (Lipinski definition) is 6. The van der Waals surface area contributed by atoms with E-state index in [9.17, 15) is 22.5 Å². The van der Waals surface area contributed by atoms with Crippen LogP contribution >= 0.6 is 22.9 Å². The maximum Gasteiger partial charge on any atom is 0.433 e. The normalized spacial score (nSPS) is 25.9. The van der Waals surface area contributed by atoms with Gasteiger partial charge in [0.15, 0.2) is 10.8 Å². The monoisotopic (exact) mass is 493 g/mol. The first-order valence-corrected chi connectivity index (χ1v) is 11.1. The minimum atomic E-state index is -4.64. The van der Waals surface area contributed by atoms with E-state index in [0.717, 1.165) is 23.5 Å². The van der Waals surface area contributed by atoms with Crippen molar-refractivity contribution in [3.8, 4) is 0 Å². The Morgan fingerprint density at radius 2 is 2.29 bits per heavy atom. The second-order valence-electron chi connectivity index (χ2n) is 6.87. The third-order valence-corrected chi connectivity index (χ3v) is 8.38. The number of guanidine groups is 1. The molecule has 31 heavy (non-hydrogen) atoms. The van der Waals surface area contributed by atoms with Crippen LogP contribution in [0.5, 0.6) is 0 Å². The number of hydrogen-bond donors (Lipinski definition) is 3. The highest BCUT2D eigenvalue weighted by Gasteiger charge is 2.60. The fourth-order valence-corrected chi connectivity index (χ4v) is 6.45. The molecule has 2 aromatic heterocycles. The van der Waals surface area contributed by atoms with E-state index in [-0.39, 0.29) is 34.9 Å². The quantitative estimate of drug-likeness (QED) is 0.567. The number of alkyl halides is 3. The van der Waals surface area contributed by atoms with Gasteiger partial charge in [0.2, 0.25) is 5.96 Å². The van der Waals surface area contributed by atoms with Crippen molar-refractivity contribution in [1.82, 2.24) is 14.6 Å². The largest absolute Gasteiger partial charge is 0.592 e. The minimum absolute atomic E-state index is 0.0799. The number of aromatic nitrogens is 1. The molecule has 0 radical (unpaired) electrons. The lowest BCUT2D eigenvalue weighted by atomic mass is 9.95. The van der Waals surface area contributed by atoms with Crippen LogP contribution in [0.3, 0.4) is 0 Å². The maximum atomic E-state index is 12.9.